The molecule has 1 atom stereocenters. The molecule has 4 saturated carbocycles. The second-order valence-electron chi connectivity index (χ2n) is 11.3. The fourth-order valence-corrected chi connectivity index (χ4v) is 8.66. The van der Waals surface area contributed by atoms with E-state index in [4.69, 9.17) is 0 Å². The first-order valence-electron chi connectivity index (χ1n) is 12.5. The van der Waals surface area contributed by atoms with Gasteiger partial charge in [-0.05, 0) is 123 Å². The summed E-state index contributed by atoms with van der Waals surface area (Å²) in [4.78, 5) is 13.1. The first-order valence-corrected chi connectivity index (χ1v) is 14.4. The number of carbonyl (C=O) groups excluding carboxylic acids is 1. The molecule has 5 nitrogen and oxygen atoms in total. The van der Waals surface area contributed by atoms with Gasteiger partial charge in [-0.1, -0.05) is 18.2 Å². The van der Waals surface area contributed by atoms with Crippen LogP contribution in [0, 0.1) is 31.6 Å². The van der Waals surface area contributed by atoms with Gasteiger partial charge in [0, 0.05) is 5.69 Å². The lowest BCUT2D eigenvalue weighted by Gasteiger charge is -2.57. The Morgan fingerprint density at radius 1 is 0.941 bits per heavy atom. The molecular weight excluding hydrogens is 444 g/mol. The van der Waals surface area contributed by atoms with Crippen LogP contribution in [0.25, 0.3) is 0 Å². The van der Waals surface area contributed by atoms with Crippen LogP contribution >= 0.6 is 0 Å². The van der Waals surface area contributed by atoms with Crippen molar-refractivity contribution in [3.8, 4) is 0 Å². The highest BCUT2D eigenvalue weighted by atomic mass is 32.2. The van der Waals surface area contributed by atoms with Gasteiger partial charge in [-0.15, -0.1) is 0 Å². The van der Waals surface area contributed by atoms with Crippen LogP contribution in [0.4, 0.5) is 11.4 Å². The summed E-state index contributed by atoms with van der Waals surface area (Å²) in [6.07, 6.45) is 9.32. The van der Waals surface area contributed by atoms with E-state index in [1.165, 1.54) is 48.4 Å². The lowest BCUT2D eigenvalue weighted by molar-refractivity contribution is -0.116. The molecule has 1 N–H and O–H groups in total. The van der Waals surface area contributed by atoms with E-state index in [1.54, 1.807) is 19.1 Å². The maximum atomic E-state index is 13.1. The summed E-state index contributed by atoms with van der Waals surface area (Å²) in [5.41, 5.74) is 4.86. The number of rotatable bonds is 6. The Balaban J connectivity index is 1.33. The Bertz CT molecular complexity index is 1150. The molecular formula is C28H36N2O3S. The summed E-state index contributed by atoms with van der Waals surface area (Å²) in [6.45, 7) is 5.48. The normalized spacial score (nSPS) is 28.5. The van der Waals surface area contributed by atoms with Crippen LogP contribution in [0.15, 0.2) is 42.5 Å². The summed E-state index contributed by atoms with van der Waals surface area (Å²) in [6, 6.07) is 13.1. The average Bonchev–Trinajstić information content (AvgIpc) is 2.71. The Labute approximate surface area is 204 Å². The Morgan fingerprint density at radius 3 is 1.91 bits per heavy atom. The van der Waals surface area contributed by atoms with Crippen molar-refractivity contribution in [2.75, 3.05) is 15.9 Å². The predicted molar refractivity (Wildman–Crippen MR) is 138 cm³/mol. The van der Waals surface area contributed by atoms with E-state index in [1.807, 2.05) is 32.0 Å². The molecule has 6 rings (SSSR count). The largest absolute Gasteiger partial charge is 0.324 e. The van der Waals surface area contributed by atoms with Crippen molar-refractivity contribution in [1.29, 1.82) is 0 Å². The van der Waals surface area contributed by atoms with E-state index in [2.05, 4.69) is 17.4 Å². The molecule has 1 amide bonds. The Hall–Kier alpha value is -2.34. The number of benzene rings is 2. The third-order valence-electron chi connectivity index (χ3n) is 8.35. The van der Waals surface area contributed by atoms with Crippen LogP contribution in [0.5, 0.6) is 0 Å². The van der Waals surface area contributed by atoms with Gasteiger partial charge in [0.25, 0.3) is 0 Å². The number of carbonyl (C=O) groups is 1. The molecule has 6 heteroatoms. The van der Waals surface area contributed by atoms with E-state index in [9.17, 15) is 13.2 Å². The monoisotopic (exact) mass is 480 g/mol. The van der Waals surface area contributed by atoms with Crippen LogP contribution in [0.3, 0.4) is 0 Å². The number of hydrogen-bond acceptors (Lipinski definition) is 3. The molecule has 0 saturated heterocycles. The topological polar surface area (TPSA) is 66.5 Å². The second-order valence-corrected chi connectivity index (χ2v) is 13.2. The molecule has 0 unspecified atom stereocenters. The first kappa shape index (κ1) is 23.4. The number of sulfonamides is 1. The molecule has 0 aliphatic heterocycles. The summed E-state index contributed by atoms with van der Waals surface area (Å²) < 4.78 is 26.5. The van der Waals surface area contributed by atoms with Crippen molar-refractivity contribution >= 4 is 27.3 Å². The summed E-state index contributed by atoms with van der Waals surface area (Å²) in [5, 5.41) is 2.95. The zero-order valence-corrected chi connectivity index (χ0v) is 21.5. The number of nitrogens with one attached hydrogen (secondary N) is 1. The summed E-state index contributed by atoms with van der Waals surface area (Å²) in [7, 11) is -3.65. The van der Waals surface area contributed by atoms with Crippen LogP contribution in [-0.2, 0) is 20.2 Å². The zero-order chi connectivity index (χ0) is 24.3. The highest BCUT2D eigenvalue weighted by Crippen LogP contribution is 2.60. The number of hydrogen-bond donors (Lipinski definition) is 1. The van der Waals surface area contributed by atoms with Crippen molar-refractivity contribution in [2.24, 2.45) is 17.8 Å². The van der Waals surface area contributed by atoms with Crippen LogP contribution < -0.4 is 9.62 Å². The van der Waals surface area contributed by atoms with E-state index in [-0.39, 0.29) is 5.91 Å². The third-order valence-corrected chi connectivity index (χ3v) is 9.59. The smallest absolute Gasteiger partial charge is 0.247 e. The van der Waals surface area contributed by atoms with Gasteiger partial charge in [-0.2, -0.15) is 0 Å². The molecule has 4 aliphatic rings. The van der Waals surface area contributed by atoms with Gasteiger partial charge in [-0.3, -0.25) is 9.10 Å². The quantitative estimate of drug-likeness (QED) is 0.588. The zero-order valence-electron chi connectivity index (χ0n) is 20.7. The van der Waals surface area contributed by atoms with Crippen molar-refractivity contribution in [1.82, 2.24) is 0 Å². The minimum absolute atomic E-state index is 0.320. The highest BCUT2D eigenvalue weighted by Gasteiger charge is 2.51. The van der Waals surface area contributed by atoms with Crippen molar-refractivity contribution in [3.63, 3.8) is 0 Å². The summed E-state index contributed by atoms with van der Waals surface area (Å²) >= 11 is 0. The average molecular weight is 481 g/mol. The van der Waals surface area contributed by atoms with Crippen molar-refractivity contribution < 1.29 is 13.2 Å². The molecule has 4 bridgehead atoms. The van der Waals surface area contributed by atoms with Gasteiger partial charge in [0.05, 0.1) is 11.9 Å². The maximum Gasteiger partial charge on any atom is 0.247 e. The molecule has 0 aromatic heterocycles. The predicted octanol–water partition coefficient (Wildman–Crippen LogP) is 5.56. The SMILES string of the molecule is Cc1cc(C)cc(N([C@H](C)C(=O)Nc2ccc(C34CC5CC(CC(C5)C3)C4)cc2)S(C)(=O)=O)c1. The fraction of sp³-hybridized carbons (Fsp3) is 0.536. The molecule has 2 aromatic rings. The Kier molecular flexibility index (Phi) is 5.78. The van der Waals surface area contributed by atoms with E-state index >= 15 is 0 Å². The van der Waals surface area contributed by atoms with Crippen LogP contribution in [0.1, 0.15) is 62.1 Å². The fourth-order valence-electron chi connectivity index (χ4n) is 7.50. The number of aryl methyl sites for hydroxylation is 2. The van der Waals surface area contributed by atoms with Gasteiger partial charge in [0.1, 0.15) is 6.04 Å². The minimum Gasteiger partial charge on any atom is -0.324 e. The Morgan fingerprint density at radius 2 is 1.44 bits per heavy atom. The standard InChI is InChI=1S/C28H36N2O3S/c1-18-9-19(2)11-26(10-18)30(34(4,32)33)20(3)27(31)29-25-7-5-24(6-8-25)28-15-21-12-22(16-28)14-23(13-21)17-28/h5-11,20-23H,12-17H2,1-4H3,(H,29,31)/t20-,21?,22?,23?,28?/m1/s1. The minimum atomic E-state index is -3.65. The molecule has 4 aliphatic carbocycles. The van der Waals surface area contributed by atoms with Gasteiger partial charge in [0.15, 0.2) is 0 Å². The van der Waals surface area contributed by atoms with Crippen LogP contribution in [0.2, 0.25) is 0 Å². The highest BCUT2D eigenvalue weighted by molar-refractivity contribution is 7.92. The number of anilines is 2. The maximum absolute atomic E-state index is 13.1. The molecule has 4 fully saturated rings. The number of amides is 1. The molecule has 0 spiro atoms. The second kappa shape index (κ2) is 8.40. The third kappa shape index (κ3) is 4.37. The lowest BCUT2D eigenvalue weighted by atomic mass is 9.48. The summed E-state index contributed by atoms with van der Waals surface area (Å²) in [5.74, 6) is 2.32. The van der Waals surface area contributed by atoms with Gasteiger partial charge in [0.2, 0.25) is 15.9 Å². The molecule has 2 aromatic carbocycles. The van der Waals surface area contributed by atoms with Crippen LogP contribution in [-0.4, -0.2) is 26.6 Å². The van der Waals surface area contributed by atoms with Crippen molar-refractivity contribution in [3.05, 3.63) is 59.2 Å². The van der Waals surface area contributed by atoms with Gasteiger partial charge < -0.3 is 5.32 Å². The van der Waals surface area contributed by atoms with Gasteiger partial charge in [-0.25, -0.2) is 8.42 Å². The van der Waals surface area contributed by atoms with Crippen molar-refractivity contribution in [2.45, 2.75) is 70.8 Å². The molecule has 182 valence electrons. The molecule has 0 radical (unpaired) electrons. The van der Waals surface area contributed by atoms with E-state index in [0.717, 1.165) is 35.1 Å². The van der Waals surface area contributed by atoms with E-state index < -0.39 is 16.1 Å². The van der Waals surface area contributed by atoms with E-state index in [0.29, 0.717) is 16.8 Å². The number of nitrogens with zero attached hydrogens (tertiary/aromatic N) is 1. The molecule has 0 heterocycles. The van der Waals surface area contributed by atoms with Gasteiger partial charge >= 0.3 is 0 Å². The first-order chi connectivity index (χ1) is 16.0. The lowest BCUT2D eigenvalue weighted by Crippen LogP contribution is -2.48. The molecule has 34 heavy (non-hydrogen) atoms.